The van der Waals surface area contributed by atoms with Crippen LogP contribution in [0.2, 0.25) is 0 Å². The zero-order valence-electron chi connectivity index (χ0n) is 24.4. The van der Waals surface area contributed by atoms with Crippen LogP contribution in [-0.4, -0.2) is 59.1 Å². The molecule has 0 saturated carbocycles. The highest BCUT2D eigenvalue weighted by Gasteiger charge is 2.52. The maximum atomic E-state index is 13.8. The van der Waals surface area contributed by atoms with E-state index in [0.29, 0.717) is 34.8 Å². The molecular formula is C34H37N3O6. The molecule has 0 aliphatic carbocycles. The van der Waals surface area contributed by atoms with Crippen LogP contribution in [0.15, 0.2) is 84.9 Å². The van der Waals surface area contributed by atoms with Gasteiger partial charge in [-0.3, -0.25) is 14.4 Å². The first-order chi connectivity index (χ1) is 20.8. The van der Waals surface area contributed by atoms with Crippen LogP contribution in [0.1, 0.15) is 47.7 Å². The third-order valence-electron chi connectivity index (χ3n) is 8.37. The summed E-state index contributed by atoms with van der Waals surface area (Å²) in [5.74, 6) is -0.687. The Balaban J connectivity index is 1.26. The molecule has 1 saturated heterocycles. The Bertz CT molecular complexity index is 1500. The van der Waals surface area contributed by atoms with E-state index in [-0.39, 0.29) is 37.4 Å². The van der Waals surface area contributed by atoms with Crippen LogP contribution in [0.3, 0.4) is 0 Å². The van der Waals surface area contributed by atoms with Crippen LogP contribution in [0.5, 0.6) is 5.75 Å². The van der Waals surface area contributed by atoms with Crippen molar-refractivity contribution >= 4 is 29.1 Å². The van der Waals surface area contributed by atoms with E-state index in [1.54, 1.807) is 84.5 Å². The number of ether oxygens (including phenoxy) is 1. The number of nitrogens with zero attached hydrogens (tertiary/aromatic N) is 2. The van der Waals surface area contributed by atoms with E-state index < -0.39 is 17.4 Å². The minimum Gasteiger partial charge on any atom is -0.497 e. The highest BCUT2D eigenvalue weighted by molar-refractivity contribution is 6.07. The normalized spacial score (nSPS) is 20.4. The number of methoxy groups -OCH3 is 1. The molecule has 3 atom stereocenters. The third-order valence-corrected chi connectivity index (χ3v) is 8.37. The largest absolute Gasteiger partial charge is 0.497 e. The Hall–Kier alpha value is -4.47. The standard InChI is InChI=1S/C34H37N3O6/c1-23(7-5-11-31(39)36-20-6-8-27(36)22-38)34(42)29-9-3-4-10-30(29)37(33(34)41)21-24-12-16-26(17-13-24)35-32(40)25-14-18-28(43-2)19-15-25/h3-5,7,9-10,12-19,23,27,38,42H,6,8,11,20-22H2,1-2H3,(H,35,40)/b7-5+/t23-,27-,34+/m0/s1. The van der Waals surface area contributed by atoms with Gasteiger partial charge in [0.1, 0.15) is 5.75 Å². The molecule has 0 bridgehead atoms. The molecule has 2 aliphatic rings. The zero-order valence-corrected chi connectivity index (χ0v) is 24.4. The van der Waals surface area contributed by atoms with Gasteiger partial charge in [0.2, 0.25) is 5.91 Å². The summed E-state index contributed by atoms with van der Waals surface area (Å²) in [5, 5.41) is 24.2. The lowest BCUT2D eigenvalue weighted by molar-refractivity contribution is -0.139. The lowest BCUT2D eigenvalue weighted by Crippen LogP contribution is -2.44. The molecule has 0 spiro atoms. The Labute approximate surface area is 251 Å². The molecule has 1 fully saturated rings. The van der Waals surface area contributed by atoms with E-state index >= 15 is 0 Å². The number of carbonyl (C=O) groups is 3. The summed E-state index contributed by atoms with van der Waals surface area (Å²) >= 11 is 0. The van der Waals surface area contributed by atoms with Crippen molar-refractivity contribution in [3.63, 3.8) is 0 Å². The summed E-state index contributed by atoms with van der Waals surface area (Å²) in [4.78, 5) is 42.4. The number of aliphatic hydroxyl groups is 2. The number of carbonyl (C=O) groups excluding carboxylic acids is 3. The summed E-state index contributed by atoms with van der Waals surface area (Å²) in [6, 6.07) is 21.1. The van der Waals surface area contributed by atoms with Gasteiger partial charge in [0.25, 0.3) is 11.8 Å². The molecular weight excluding hydrogens is 546 g/mol. The van der Waals surface area contributed by atoms with Gasteiger partial charge in [0, 0.05) is 35.7 Å². The molecule has 9 heteroatoms. The summed E-state index contributed by atoms with van der Waals surface area (Å²) in [5.41, 5.74) is 1.30. The first kappa shape index (κ1) is 30.0. The van der Waals surface area contributed by atoms with E-state index in [1.165, 1.54) is 0 Å². The first-order valence-electron chi connectivity index (χ1n) is 14.5. The van der Waals surface area contributed by atoms with Crippen LogP contribution >= 0.6 is 0 Å². The number of aliphatic hydroxyl groups excluding tert-OH is 1. The van der Waals surface area contributed by atoms with Crippen LogP contribution in [0, 0.1) is 5.92 Å². The molecule has 3 N–H and O–H groups in total. The second-order valence-electron chi connectivity index (χ2n) is 11.0. The maximum absolute atomic E-state index is 13.8. The molecule has 5 rings (SSSR count). The fourth-order valence-corrected chi connectivity index (χ4v) is 5.86. The Kier molecular flexibility index (Phi) is 8.94. The van der Waals surface area contributed by atoms with Crippen molar-refractivity contribution < 1.29 is 29.3 Å². The Morgan fingerprint density at radius 2 is 1.81 bits per heavy atom. The van der Waals surface area contributed by atoms with E-state index in [2.05, 4.69) is 5.32 Å². The number of anilines is 2. The second kappa shape index (κ2) is 12.8. The van der Waals surface area contributed by atoms with Crippen molar-refractivity contribution in [2.24, 2.45) is 5.92 Å². The van der Waals surface area contributed by atoms with Gasteiger partial charge < -0.3 is 30.1 Å². The van der Waals surface area contributed by atoms with Crippen molar-refractivity contribution in [3.8, 4) is 5.75 Å². The SMILES string of the molecule is COc1ccc(C(=O)Nc2ccc(CN3C(=O)[C@@](O)([C@@H](C)/C=C/CC(=O)N4CCC[C@H]4CO)c4ccccc43)cc2)cc1. The number of para-hydroxylation sites is 1. The van der Waals surface area contributed by atoms with Gasteiger partial charge in [0.05, 0.1) is 32.0 Å². The monoisotopic (exact) mass is 583 g/mol. The molecule has 2 aliphatic heterocycles. The van der Waals surface area contributed by atoms with E-state index in [4.69, 9.17) is 4.74 Å². The molecule has 0 radical (unpaired) electrons. The molecule has 3 aromatic rings. The number of fused-ring (bicyclic) bond motifs is 1. The lowest BCUT2D eigenvalue weighted by atomic mass is 9.83. The molecule has 224 valence electrons. The topological polar surface area (TPSA) is 119 Å². The number of hydrogen-bond donors (Lipinski definition) is 3. The quantitative estimate of drug-likeness (QED) is 0.307. The van der Waals surface area contributed by atoms with Crippen LogP contribution in [0.25, 0.3) is 0 Å². The number of hydrogen-bond acceptors (Lipinski definition) is 6. The molecule has 3 aromatic carbocycles. The van der Waals surface area contributed by atoms with Crippen molar-refractivity contribution in [3.05, 3.63) is 102 Å². The van der Waals surface area contributed by atoms with Crippen molar-refractivity contribution in [1.82, 2.24) is 4.90 Å². The third kappa shape index (κ3) is 6.04. The van der Waals surface area contributed by atoms with Crippen LogP contribution < -0.4 is 15.0 Å². The highest BCUT2D eigenvalue weighted by atomic mass is 16.5. The molecule has 0 unspecified atom stereocenters. The minimum absolute atomic E-state index is 0.0478. The van der Waals surface area contributed by atoms with Crippen LogP contribution in [-0.2, 0) is 21.7 Å². The number of likely N-dealkylation sites (tertiary alicyclic amines) is 1. The lowest BCUT2D eigenvalue weighted by Gasteiger charge is -2.28. The average Bonchev–Trinajstić information content (AvgIpc) is 3.60. The van der Waals surface area contributed by atoms with Crippen molar-refractivity contribution in [1.29, 1.82) is 0 Å². The Morgan fingerprint density at radius 3 is 2.51 bits per heavy atom. The van der Waals surface area contributed by atoms with Gasteiger partial charge in [-0.05, 0) is 60.9 Å². The molecule has 0 aromatic heterocycles. The van der Waals surface area contributed by atoms with Gasteiger partial charge in [-0.2, -0.15) is 0 Å². The predicted molar refractivity (Wildman–Crippen MR) is 164 cm³/mol. The molecule has 43 heavy (non-hydrogen) atoms. The highest BCUT2D eigenvalue weighted by Crippen LogP contribution is 2.45. The van der Waals surface area contributed by atoms with Gasteiger partial charge in [-0.15, -0.1) is 0 Å². The molecule has 3 amide bonds. The van der Waals surface area contributed by atoms with E-state index in [9.17, 15) is 24.6 Å². The van der Waals surface area contributed by atoms with Gasteiger partial charge in [-0.25, -0.2) is 0 Å². The van der Waals surface area contributed by atoms with Gasteiger partial charge in [0.15, 0.2) is 5.60 Å². The predicted octanol–water partition coefficient (Wildman–Crippen LogP) is 4.25. The summed E-state index contributed by atoms with van der Waals surface area (Å²) in [6.07, 6.45) is 5.23. The summed E-state index contributed by atoms with van der Waals surface area (Å²) in [6.45, 7) is 2.59. The number of nitrogens with one attached hydrogen (secondary N) is 1. The van der Waals surface area contributed by atoms with Crippen molar-refractivity contribution in [2.45, 2.75) is 44.4 Å². The smallest absolute Gasteiger partial charge is 0.264 e. The summed E-state index contributed by atoms with van der Waals surface area (Å²) in [7, 11) is 1.57. The number of benzene rings is 3. The fourth-order valence-electron chi connectivity index (χ4n) is 5.86. The first-order valence-corrected chi connectivity index (χ1v) is 14.5. The second-order valence-corrected chi connectivity index (χ2v) is 11.0. The minimum atomic E-state index is -1.79. The fraction of sp³-hybridized carbons (Fsp3) is 0.324. The average molecular weight is 584 g/mol. The van der Waals surface area contributed by atoms with E-state index in [1.807, 2.05) is 24.3 Å². The van der Waals surface area contributed by atoms with Crippen molar-refractivity contribution in [2.75, 3.05) is 30.5 Å². The number of amides is 3. The molecule has 2 heterocycles. The van der Waals surface area contributed by atoms with Gasteiger partial charge >= 0.3 is 0 Å². The zero-order chi connectivity index (χ0) is 30.6. The van der Waals surface area contributed by atoms with Gasteiger partial charge in [-0.1, -0.05) is 49.4 Å². The van der Waals surface area contributed by atoms with Crippen LogP contribution in [0.4, 0.5) is 11.4 Å². The maximum Gasteiger partial charge on any atom is 0.264 e. The molecule has 9 nitrogen and oxygen atoms in total. The Morgan fingerprint density at radius 1 is 1.09 bits per heavy atom. The summed E-state index contributed by atoms with van der Waals surface area (Å²) < 4.78 is 5.14. The van der Waals surface area contributed by atoms with E-state index in [0.717, 1.165) is 18.4 Å². The number of rotatable bonds is 10.